The van der Waals surface area contributed by atoms with Crippen molar-refractivity contribution in [1.82, 2.24) is 0 Å². The number of hydrogen-bond donors (Lipinski definition) is 3. The number of rotatable bonds is 14. The van der Waals surface area contributed by atoms with Gasteiger partial charge in [0.05, 0.1) is 41.6 Å². The van der Waals surface area contributed by atoms with E-state index in [1.54, 1.807) is 48.5 Å². The molecule has 52 heavy (non-hydrogen) atoms. The maximum atomic E-state index is 13.2. The van der Waals surface area contributed by atoms with Crippen molar-refractivity contribution in [2.75, 3.05) is 0 Å². The Morgan fingerprint density at radius 1 is 0.654 bits per heavy atom. The number of phenols is 2. The van der Waals surface area contributed by atoms with Crippen LogP contribution in [-0.4, -0.2) is 57.4 Å². The van der Waals surface area contributed by atoms with Gasteiger partial charge in [-0.15, -0.1) is 0 Å². The van der Waals surface area contributed by atoms with Gasteiger partial charge in [0.25, 0.3) is 0 Å². The minimum absolute atomic E-state index is 0.00290. The molecule has 274 valence electrons. The summed E-state index contributed by atoms with van der Waals surface area (Å²) in [5.74, 6) is -0.331. The lowest BCUT2D eigenvalue weighted by atomic mass is 9.96. The molecule has 7 atom stereocenters. The summed E-state index contributed by atoms with van der Waals surface area (Å²) in [6, 6.07) is 27.4. The second-order valence-corrected chi connectivity index (χ2v) is 13.9. The molecule has 0 aliphatic carbocycles. The first-order valence-corrected chi connectivity index (χ1v) is 18.3. The van der Waals surface area contributed by atoms with Crippen molar-refractivity contribution < 1.29 is 43.9 Å². The lowest BCUT2D eigenvalue weighted by molar-refractivity contribution is -0.253. The maximum Gasteiger partial charge on any atom is 0.193 e. The van der Waals surface area contributed by atoms with Crippen molar-refractivity contribution in [1.29, 1.82) is 0 Å². The number of benzene rings is 4. The molecule has 7 unspecified atom stereocenters. The lowest BCUT2D eigenvalue weighted by Gasteiger charge is -2.37. The minimum atomic E-state index is -0.877. The Labute approximate surface area is 305 Å². The zero-order valence-corrected chi connectivity index (χ0v) is 29.7. The predicted octanol–water partition coefficient (Wildman–Crippen LogP) is 8.35. The van der Waals surface area contributed by atoms with Crippen LogP contribution in [0.1, 0.15) is 121 Å². The molecule has 9 heteroatoms. The van der Waals surface area contributed by atoms with Crippen LogP contribution in [0.3, 0.4) is 0 Å². The van der Waals surface area contributed by atoms with Gasteiger partial charge >= 0.3 is 0 Å². The Kier molecular flexibility index (Phi) is 12.5. The van der Waals surface area contributed by atoms with Crippen molar-refractivity contribution in [2.45, 2.75) is 108 Å². The lowest BCUT2D eigenvalue weighted by Crippen LogP contribution is -2.36. The Bertz CT molecular complexity index is 1790. The Morgan fingerprint density at radius 2 is 1.15 bits per heavy atom. The number of aromatic hydroxyl groups is 2. The van der Waals surface area contributed by atoms with Gasteiger partial charge < -0.3 is 34.3 Å². The zero-order valence-electron chi connectivity index (χ0n) is 29.7. The number of carbonyl (C=O) groups excluding carboxylic acids is 2. The van der Waals surface area contributed by atoms with Gasteiger partial charge in [0.2, 0.25) is 0 Å². The first-order valence-electron chi connectivity index (χ1n) is 18.3. The summed E-state index contributed by atoms with van der Waals surface area (Å²) in [5.41, 5.74) is 2.77. The molecule has 0 amide bonds. The van der Waals surface area contributed by atoms with E-state index in [-0.39, 0.29) is 47.5 Å². The van der Waals surface area contributed by atoms with E-state index in [1.807, 2.05) is 43.3 Å². The molecule has 2 aliphatic heterocycles. The fourth-order valence-corrected chi connectivity index (χ4v) is 7.11. The summed E-state index contributed by atoms with van der Waals surface area (Å²) < 4.78 is 25.0. The van der Waals surface area contributed by atoms with Crippen molar-refractivity contribution in [2.24, 2.45) is 0 Å². The van der Waals surface area contributed by atoms with Gasteiger partial charge in [0.1, 0.15) is 11.5 Å². The van der Waals surface area contributed by atoms with E-state index in [0.29, 0.717) is 71.9 Å². The molecule has 0 spiro atoms. The maximum absolute atomic E-state index is 13.2. The molecule has 0 bridgehead atoms. The summed E-state index contributed by atoms with van der Waals surface area (Å²) >= 11 is 0. The summed E-state index contributed by atoms with van der Waals surface area (Å²) in [5, 5.41) is 32.7. The molecule has 2 heterocycles. The summed E-state index contributed by atoms with van der Waals surface area (Å²) in [4.78, 5) is 26.2. The molecule has 0 aromatic heterocycles. The van der Waals surface area contributed by atoms with Crippen LogP contribution >= 0.6 is 0 Å². The number of carbonyl (C=O) groups is 2. The molecular weight excluding hydrogens is 660 g/mol. The van der Waals surface area contributed by atoms with E-state index < -0.39 is 18.7 Å². The van der Waals surface area contributed by atoms with Crippen LogP contribution in [0.25, 0.3) is 0 Å². The van der Waals surface area contributed by atoms with Crippen LogP contribution in [0, 0.1) is 0 Å². The smallest absolute Gasteiger partial charge is 0.193 e. The van der Waals surface area contributed by atoms with Crippen LogP contribution in [0.2, 0.25) is 0 Å². The van der Waals surface area contributed by atoms with Gasteiger partial charge in [-0.25, -0.2) is 0 Å². The molecule has 3 N–H and O–H groups in total. The molecule has 0 saturated carbocycles. The van der Waals surface area contributed by atoms with Crippen LogP contribution in [-0.2, 0) is 18.9 Å². The van der Waals surface area contributed by atoms with Crippen molar-refractivity contribution >= 4 is 11.6 Å². The highest BCUT2D eigenvalue weighted by Gasteiger charge is 2.34. The molecule has 2 fully saturated rings. The molecule has 4 aromatic carbocycles. The van der Waals surface area contributed by atoms with Crippen LogP contribution in [0.5, 0.6) is 11.5 Å². The van der Waals surface area contributed by atoms with E-state index >= 15 is 0 Å². The van der Waals surface area contributed by atoms with Gasteiger partial charge in [-0.05, 0) is 81.8 Å². The summed E-state index contributed by atoms with van der Waals surface area (Å²) in [6.07, 6.45) is 2.20. The van der Waals surface area contributed by atoms with Gasteiger partial charge in [-0.3, -0.25) is 9.59 Å². The quantitative estimate of drug-likeness (QED) is 0.111. The molecule has 2 saturated heterocycles. The fraction of sp³-hybridized carbons (Fsp3) is 0.395. The molecule has 2 aliphatic rings. The normalized spacial score (nSPS) is 23.9. The number of ketones is 2. The number of hydrogen-bond acceptors (Lipinski definition) is 9. The predicted molar refractivity (Wildman–Crippen MR) is 195 cm³/mol. The monoisotopic (exact) mass is 708 g/mol. The Balaban J connectivity index is 1.05. The van der Waals surface area contributed by atoms with Crippen molar-refractivity contribution in [3.8, 4) is 11.5 Å². The van der Waals surface area contributed by atoms with Gasteiger partial charge in [0.15, 0.2) is 24.1 Å². The van der Waals surface area contributed by atoms with Gasteiger partial charge in [-0.2, -0.15) is 0 Å². The SMILES string of the molecule is CCCC1CC(CC(O)CCCC2CC(C)OC(c3cc(C(=O)c4ccccc4)ccc3O)O2)OC(c2cc(C(=O)c3ccccc3)ccc2O)O1. The van der Waals surface area contributed by atoms with Gasteiger partial charge in [-0.1, -0.05) is 74.0 Å². The average molecular weight is 709 g/mol. The van der Waals surface area contributed by atoms with Crippen molar-refractivity contribution in [3.05, 3.63) is 130 Å². The summed E-state index contributed by atoms with van der Waals surface area (Å²) in [7, 11) is 0. The topological polar surface area (TPSA) is 132 Å². The van der Waals surface area contributed by atoms with E-state index in [1.165, 1.54) is 12.1 Å². The van der Waals surface area contributed by atoms with E-state index in [0.717, 1.165) is 12.8 Å². The van der Waals surface area contributed by atoms with E-state index in [9.17, 15) is 24.9 Å². The molecular formula is C43H48O9. The highest BCUT2D eigenvalue weighted by atomic mass is 16.7. The van der Waals surface area contributed by atoms with Crippen LogP contribution in [0.4, 0.5) is 0 Å². The molecule has 4 aromatic rings. The van der Waals surface area contributed by atoms with Gasteiger partial charge in [0, 0.05) is 28.7 Å². The fourth-order valence-electron chi connectivity index (χ4n) is 7.11. The van der Waals surface area contributed by atoms with Crippen LogP contribution < -0.4 is 0 Å². The highest BCUT2D eigenvalue weighted by molar-refractivity contribution is 6.09. The zero-order chi connectivity index (χ0) is 36.6. The molecule has 6 rings (SSSR count). The standard InChI is InChI=1S/C43H48O9/c1-3-11-33-26-35(52-43(50-33)37-24-31(19-21-39(37)46)41(48)29-14-8-5-9-15-29)25-32(44)16-10-17-34-22-27(2)49-42(51-34)36-23-30(18-20-38(36)45)40(47)28-12-6-4-7-13-28/h4-9,12-15,18-21,23-24,27,32-35,42-46H,3,10-11,16-17,22,25-26H2,1-2H3. The Hall–Kier alpha value is -4.38. The second kappa shape index (κ2) is 17.4. The first-order chi connectivity index (χ1) is 25.2. The summed E-state index contributed by atoms with van der Waals surface area (Å²) in [6.45, 7) is 4.05. The molecule has 0 radical (unpaired) electrons. The number of aliphatic hydroxyl groups is 1. The Morgan fingerprint density at radius 3 is 1.69 bits per heavy atom. The van der Waals surface area contributed by atoms with E-state index in [2.05, 4.69) is 6.92 Å². The third-order valence-corrected chi connectivity index (χ3v) is 9.79. The largest absolute Gasteiger partial charge is 0.507 e. The third-order valence-electron chi connectivity index (χ3n) is 9.79. The second-order valence-electron chi connectivity index (χ2n) is 13.9. The van der Waals surface area contributed by atoms with Crippen molar-refractivity contribution in [3.63, 3.8) is 0 Å². The average Bonchev–Trinajstić information content (AvgIpc) is 3.15. The number of ether oxygens (including phenoxy) is 4. The van der Waals surface area contributed by atoms with Crippen LogP contribution in [0.15, 0.2) is 97.1 Å². The highest BCUT2D eigenvalue weighted by Crippen LogP contribution is 2.39. The third kappa shape index (κ3) is 9.34. The molecule has 9 nitrogen and oxygen atoms in total. The number of phenolic OH excluding ortho intramolecular Hbond substituents is 2. The number of aliphatic hydroxyl groups excluding tert-OH is 1. The van der Waals surface area contributed by atoms with E-state index in [4.69, 9.17) is 18.9 Å². The minimum Gasteiger partial charge on any atom is -0.507 e. The first kappa shape index (κ1) is 37.4.